The summed E-state index contributed by atoms with van der Waals surface area (Å²) in [6.07, 6.45) is -0.00138. The third-order valence-electron chi connectivity index (χ3n) is 1.49. The highest BCUT2D eigenvalue weighted by Crippen LogP contribution is 2.14. The van der Waals surface area contributed by atoms with Crippen LogP contribution in [0.3, 0.4) is 0 Å². The lowest BCUT2D eigenvalue weighted by molar-refractivity contribution is 0.0861. The second-order valence-corrected chi connectivity index (χ2v) is 3.48. The van der Waals surface area contributed by atoms with Gasteiger partial charge in [-0.3, -0.25) is 10.6 Å². The van der Waals surface area contributed by atoms with Gasteiger partial charge in [0.05, 0.1) is 11.8 Å². The fourth-order valence-electron chi connectivity index (χ4n) is 1.00. The molecule has 0 amide bonds. The first kappa shape index (κ1) is 10.9. The van der Waals surface area contributed by atoms with E-state index in [2.05, 4.69) is 0 Å². The Hall–Kier alpha value is -1.13. The molecule has 0 aliphatic rings. The first-order valence-corrected chi connectivity index (χ1v) is 4.79. The number of hydrogen-bond acceptors (Lipinski definition) is 2. The quantitative estimate of drug-likeness (QED) is 0.566. The zero-order valence-electron chi connectivity index (χ0n) is 8.23. The minimum atomic E-state index is -0.0371. The van der Waals surface area contributed by atoms with Gasteiger partial charge in [-0.05, 0) is 38.2 Å². The average Bonchev–Trinajstić information content (AvgIpc) is 2.15. The summed E-state index contributed by atoms with van der Waals surface area (Å²) in [6.45, 7) is 3.79. The van der Waals surface area contributed by atoms with Gasteiger partial charge in [-0.1, -0.05) is 18.2 Å². The summed E-state index contributed by atoms with van der Waals surface area (Å²) in [5, 5.41) is 1.31. The van der Waals surface area contributed by atoms with E-state index in [0.29, 0.717) is 0 Å². The fourth-order valence-corrected chi connectivity index (χ4v) is 1.15. The van der Waals surface area contributed by atoms with Crippen molar-refractivity contribution in [2.24, 2.45) is 0 Å². The molecule has 0 bridgehead atoms. The molecule has 1 N–H and O–H groups in total. The zero-order valence-corrected chi connectivity index (χ0v) is 9.04. The Morgan fingerprint density at radius 2 is 1.93 bits per heavy atom. The van der Waals surface area contributed by atoms with E-state index in [1.165, 1.54) is 5.06 Å². The van der Waals surface area contributed by atoms with Crippen molar-refractivity contribution in [3.63, 3.8) is 0 Å². The number of nitrogens with zero attached hydrogens (tertiary/aromatic N) is 1. The van der Waals surface area contributed by atoms with Gasteiger partial charge in [0.1, 0.15) is 0 Å². The van der Waals surface area contributed by atoms with Crippen LogP contribution in [0.2, 0.25) is 0 Å². The van der Waals surface area contributed by atoms with Crippen molar-refractivity contribution in [1.82, 2.24) is 5.73 Å². The van der Waals surface area contributed by atoms with Gasteiger partial charge in [0.2, 0.25) is 5.11 Å². The van der Waals surface area contributed by atoms with Crippen molar-refractivity contribution < 1.29 is 4.84 Å². The molecule has 4 heteroatoms. The Labute approximate surface area is 89.4 Å². The molecule has 0 fully saturated rings. The van der Waals surface area contributed by atoms with E-state index >= 15 is 0 Å². The van der Waals surface area contributed by atoms with Crippen molar-refractivity contribution in [1.29, 1.82) is 0 Å². The number of para-hydroxylation sites is 1. The molecule has 1 aromatic rings. The van der Waals surface area contributed by atoms with Crippen LogP contribution in [0.4, 0.5) is 5.69 Å². The minimum Gasteiger partial charge on any atom is -0.273 e. The molecule has 1 aromatic carbocycles. The zero-order chi connectivity index (χ0) is 10.6. The Balaban J connectivity index is 2.84. The summed E-state index contributed by atoms with van der Waals surface area (Å²) in [7, 11) is 0. The van der Waals surface area contributed by atoms with Gasteiger partial charge in [-0.25, -0.2) is 0 Å². The van der Waals surface area contributed by atoms with Gasteiger partial charge in [-0.2, -0.15) is 5.06 Å². The Kier molecular flexibility index (Phi) is 3.85. The van der Waals surface area contributed by atoms with Crippen molar-refractivity contribution in [3.8, 4) is 0 Å². The molecule has 0 atom stereocenters. The van der Waals surface area contributed by atoms with Crippen LogP contribution in [0, 0.1) is 0 Å². The van der Waals surface area contributed by atoms with Gasteiger partial charge in [0.15, 0.2) is 0 Å². The van der Waals surface area contributed by atoms with Crippen LogP contribution in [0.5, 0.6) is 0 Å². The van der Waals surface area contributed by atoms with E-state index in [1.54, 1.807) is 0 Å². The third kappa shape index (κ3) is 2.97. The largest absolute Gasteiger partial charge is 0.273 e. The predicted molar refractivity (Wildman–Crippen MR) is 60.8 cm³/mol. The van der Waals surface area contributed by atoms with Crippen molar-refractivity contribution in [2.75, 3.05) is 5.06 Å². The summed E-state index contributed by atoms with van der Waals surface area (Å²) in [4.78, 5) is 5.40. The van der Waals surface area contributed by atoms with Gasteiger partial charge >= 0.3 is 0 Å². The van der Waals surface area contributed by atoms with Crippen LogP contribution in [-0.2, 0) is 4.84 Å². The molecule has 0 saturated heterocycles. The van der Waals surface area contributed by atoms with Crippen LogP contribution < -0.4 is 10.8 Å². The van der Waals surface area contributed by atoms with Gasteiger partial charge in [-0.15, -0.1) is 0 Å². The SMILES string of the molecule is CC(C)ON(C([NH])=S)c1ccccc1. The molecule has 0 aliphatic carbocycles. The van der Waals surface area contributed by atoms with E-state index in [9.17, 15) is 0 Å². The lowest BCUT2D eigenvalue weighted by Crippen LogP contribution is -2.32. The Morgan fingerprint density at radius 3 is 2.36 bits per heavy atom. The maximum Gasteiger partial charge on any atom is 0.217 e. The molecule has 0 aliphatic heterocycles. The van der Waals surface area contributed by atoms with Crippen molar-refractivity contribution in [3.05, 3.63) is 30.3 Å². The van der Waals surface area contributed by atoms with Crippen LogP contribution in [0.15, 0.2) is 30.3 Å². The summed E-state index contributed by atoms with van der Waals surface area (Å²) >= 11 is 4.78. The van der Waals surface area contributed by atoms with Gasteiger partial charge in [0, 0.05) is 0 Å². The highest BCUT2D eigenvalue weighted by atomic mass is 32.1. The molecule has 14 heavy (non-hydrogen) atoms. The number of rotatable bonds is 3. The lowest BCUT2D eigenvalue weighted by atomic mass is 10.3. The molecule has 1 rings (SSSR count). The fraction of sp³-hybridized carbons (Fsp3) is 0.300. The number of anilines is 1. The smallest absolute Gasteiger partial charge is 0.217 e. The number of hydroxylamine groups is 1. The van der Waals surface area contributed by atoms with Crippen molar-refractivity contribution >= 4 is 23.0 Å². The van der Waals surface area contributed by atoms with Gasteiger partial charge in [0.25, 0.3) is 0 Å². The topological polar surface area (TPSA) is 36.3 Å². The molecule has 0 spiro atoms. The second kappa shape index (κ2) is 4.93. The minimum absolute atomic E-state index is 0.00138. The maximum absolute atomic E-state index is 7.40. The number of hydrogen-bond donors (Lipinski definition) is 0. The summed E-state index contributed by atoms with van der Waals surface area (Å²) in [6, 6.07) is 9.37. The van der Waals surface area contributed by atoms with Crippen LogP contribution in [-0.4, -0.2) is 11.2 Å². The van der Waals surface area contributed by atoms with E-state index in [0.717, 1.165) is 5.69 Å². The molecular weight excluding hydrogens is 196 g/mol. The molecule has 0 saturated carbocycles. The Bertz CT molecular complexity index is 300. The number of thiocarbonyl (C=S) groups is 1. The summed E-state index contributed by atoms with van der Waals surface area (Å²) in [5.41, 5.74) is 8.18. The van der Waals surface area contributed by atoms with Gasteiger partial charge < -0.3 is 0 Å². The first-order valence-electron chi connectivity index (χ1n) is 4.38. The average molecular weight is 209 g/mol. The highest BCUT2D eigenvalue weighted by Gasteiger charge is 2.11. The Morgan fingerprint density at radius 1 is 1.36 bits per heavy atom. The standard InChI is InChI=1S/C10H13N2OS/c1-8(2)13-12(10(11)14)9-6-4-3-5-7-9/h3-8,11H,1-2H3. The maximum atomic E-state index is 7.40. The lowest BCUT2D eigenvalue weighted by Gasteiger charge is -2.23. The third-order valence-corrected chi connectivity index (χ3v) is 1.66. The number of nitrogens with one attached hydrogen (secondary N) is 1. The predicted octanol–water partition coefficient (Wildman–Crippen LogP) is 2.40. The van der Waals surface area contributed by atoms with Crippen LogP contribution in [0.1, 0.15) is 13.8 Å². The molecule has 3 nitrogen and oxygen atoms in total. The normalized spacial score (nSPS) is 10.2. The molecular formula is C10H13N2OS. The summed E-state index contributed by atoms with van der Waals surface area (Å²) in [5.74, 6) is 0. The molecule has 0 heterocycles. The van der Waals surface area contributed by atoms with Crippen LogP contribution in [0.25, 0.3) is 0 Å². The number of benzene rings is 1. The molecule has 0 aromatic heterocycles. The van der Waals surface area contributed by atoms with E-state index in [1.807, 2.05) is 44.2 Å². The molecule has 0 unspecified atom stereocenters. The first-order chi connectivity index (χ1) is 6.61. The second-order valence-electron chi connectivity index (χ2n) is 3.09. The monoisotopic (exact) mass is 209 g/mol. The van der Waals surface area contributed by atoms with E-state index < -0.39 is 0 Å². The van der Waals surface area contributed by atoms with E-state index in [-0.39, 0.29) is 11.2 Å². The summed E-state index contributed by atoms with van der Waals surface area (Å²) < 4.78 is 0. The van der Waals surface area contributed by atoms with Crippen molar-refractivity contribution in [2.45, 2.75) is 20.0 Å². The van der Waals surface area contributed by atoms with E-state index in [4.69, 9.17) is 22.8 Å². The van der Waals surface area contributed by atoms with Crippen LogP contribution >= 0.6 is 12.2 Å². The molecule has 1 radical (unpaired) electrons. The highest BCUT2D eigenvalue weighted by molar-refractivity contribution is 7.80. The molecule has 75 valence electrons.